The fourth-order valence-corrected chi connectivity index (χ4v) is 5.37. The number of ether oxygens (including phenoxy) is 2. The monoisotopic (exact) mass is 251 g/mol. The maximum absolute atomic E-state index is 11.5. The zero-order valence-electron chi connectivity index (χ0n) is 10.9. The van der Waals surface area contributed by atoms with E-state index < -0.39 is 0 Å². The Labute approximate surface area is 107 Å². The second-order valence-electron chi connectivity index (χ2n) is 6.72. The van der Waals surface area contributed by atoms with Crippen molar-refractivity contribution >= 4 is 5.91 Å². The molecule has 1 saturated heterocycles. The number of hydrogen-bond acceptors (Lipinski definition) is 3. The van der Waals surface area contributed by atoms with Crippen LogP contribution < -0.4 is 5.32 Å². The molecular weight excluding hydrogens is 230 g/mol. The summed E-state index contributed by atoms with van der Waals surface area (Å²) in [6.45, 7) is 3.12. The van der Waals surface area contributed by atoms with Crippen LogP contribution >= 0.6 is 0 Å². The molecule has 2 unspecified atom stereocenters. The molecule has 5 rings (SSSR count). The summed E-state index contributed by atoms with van der Waals surface area (Å²) in [4.78, 5) is 11.5. The van der Waals surface area contributed by atoms with Crippen LogP contribution in [0.1, 0.15) is 39.0 Å². The smallest absolute Gasteiger partial charge is 0.217 e. The zero-order chi connectivity index (χ0) is 12.4. The lowest BCUT2D eigenvalue weighted by Gasteiger charge is -2.62. The van der Waals surface area contributed by atoms with Crippen LogP contribution in [0, 0.1) is 17.8 Å². The molecule has 0 aromatic heterocycles. The second kappa shape index (κ2) is 3.48. The van der Waals surface area contributed by atoms with E-state index >= 15 is 0 Å². The molecule has 1 heterocycles. The van der Waals surface area contributed by atoms with Crippen LogP contribution in [0.4, 0.5) is 0 Å². The fourth-order valence-electron chi connectivity index (χ4n) is 5.37. The van der Waals surface area contributed by atoms with Gasteiger partial charge in [-0.2, -0.15) is 0 Å². The summed E-state index contributed by atoms with van der Waals surface area (Å²) in [7, 11) is 0. The van der Waals surface area contributed by atoms with Gasteiger partial charge in [-0.25, -0.2) is 0 Å². The molecule has 0 aromatic carbocycles. The minimum absolute atomic E-state index is 0.0445. The van der Waals surface area contributed by atoms with Crippen molar-refractivity contribution in [2.75, 3.05) is 13.2 Å². The Morgan fingerprint density at radius 1 is 1.11 bits per heavy atom. The van der Waals surface area contributed by atoms with E-state index in [1.807, 2.05) is 0 Å². The van der Waals surface area contributed by atoms with E-state index in [-0.39, 0.29) is 17.2 Å². The summed E-state index contributed by atoms with van der Waals surface area (Å²) in [5, 5.41) is 3.24. The molecule has 4 aliphatic carbocycles. The zero-order valence-corrected chi connectivity index (χ0v) is 10.9. The van der Waals surface area contributed by atoms with E-state index in [0.29, 0.717) is 11.8 Å². The molecule has 4 saturated carbocycles. The maximum Gasteiger partial charge on any atom is 0.217 e. The number of nitrogens with one attached hydrogen (secondary N) is 1. The Morgan fingerprint density at radius 3 is 2.28 bits per heavy atom. The van der Waals surface area contributed by atoms with Gasteiger partial charge in [0.15, 0.2) is 5.79 Å². The Kier molecular flexibility index (Phi) is 2.17. The third-order valence-corrected chi connectivity index (χ3v) is 5.51. The van der Waals surface area contributed by atoms with Crippen LogP contribution in [0.5, 0.6) is 0 Å². The van der Waals surface area contributed by atoms with Crippen LogP contribution in [0.25, 0.3) is 0 Å². The van der Waals surface area contributed by atoms with Gasteiger partial charge in [0.25, 0.3) is 0 Å². The number of amides is 1. The van der Waals surface area contributed by atoms with Crippen molar-refractivity contribution in [2.45, 2.75) is 50.4 Å². The van der Waals surface area contributed by atoms with Crippen molar-refractivity contribution in [1.82, 2.24) is 5.32 Å². The average Bonchev–Trinajstić information content (AvgIpc) is 2.73. The van der Waals surface area contributed by atoms with Gasteiger partial charge in [-0.1, -0.05) is 0 Å². The first kappa shape index (κ1) is 11.2. The van der Waals surface area contributed by atoms with Gasteiger partial charge in [0, 0.05) is 24.3 Å². The first-order valence-corrected chi connectivity index (χ1v) is 7.19. The van der Waals surface area contributed by atoms with Crippen molar-refractivity contribution in [1.29, 1.82) is 0 Å². The highest BCUT2D eigenvalue weighted by Gasteiger charge is 2.65. The number of hydrogen-bond donors (Lipinski definition) is 1. The second-order valence-corrected chi connectivity index (χ2v) is 6.72. The number of rotatable bonds is 1. The summed E-state index contributed by atoms with van der Waals surface area (Å²) in [5.41, 5.74) is 0.0445. The predicted molar refractivity (Wildman–Crippen MR) is 64.7 cm³/mol. The average molecular weight is 251 g/mol. The van der Waals surface area contributed by atoms with Gasteiger partial charge in [-0.15, -0.1) is 0 Å². The van der Waals surface area contributed by atoms with Crippen molar-refractivity contribution in [3.8, 4) is 0 Å². The predicted octanol–water partition coefficient (Wildman–Crippen LogP) is 1.44. The van der Waals surface area contributed by atoms with Gasteiger partial charge >= 0.3 is 0 Å². The third kappa shape index (κ3) is 1.36. The minimum Gasteiger partial charge on any atom is -0.351 e. The Bertz CT molecular complexity index is 371. The minimum atomic E-state index is -0.293. The standard InChI is InChI=1S/C14H21NO3/c1-9(16)15-13-6-10-4-11(7-13)14(12(5-10)8-13)17-2-3-18-14/h10-12H,2-8H2,1H3,(H,15,16). The van der Waals surface area contributed by atoms with Gasteiger partial charge in [0.05, 0.1) is 13.2 Å². The summed E-state index contributed by atoms with van der Waals surface area (Å²) < 4.78 is 12.1. The first-order chi connectivity index (χ1) is 8.62. The lowest BCUT2D eigenvalue weighted by molar-refractivity contribution is -0.293. The van der Waals surface area contributed by atoms with E-state index in [2.05, 4.69) is 5.32 Å². The third-order valence-electron chi connectivity index (χ3n) is 5.51. The van der Waals surface area contributed by atoms with Gasteiger partial charge in [-0.05, 0) is 38.0 Å². The summed E-state index contributed by atoms with van der Waals surface area (Å²) in [6.07, 6.45) is 5.69. The molecule has 100 valence electrons. The molecule has 1 spiro atoms. The van der Waals surface area contributed by atoms with E-state index in [1.54, 1.807) is 6.92 Å². The van der Waals surface area contributed by atoms with Crippen LogP contribution in [0.15, 0.2) is 0 Å². The lowest BCUT2D eigenvalue weighted by atomic mass is 9.50. The Hall–Kier alpha value is -0.610. The van der Waals surface area contributed by atoms with Gasteiger partial charge in [-0.3, -0.25) is 4.79 Å². The quantitative estimate of drug-likeness (QED) is 0.767. The summed E-state index contributed by atoms with van der Waals surface area (Å²) >= 11 is 0. The highest BCUT2D eigenvalue weighted by Crippen LogP contribution is 2.62. The Balaban J connectivity index is 1.66. The normalized spacial score (nSPS) is 47.7. The van der Waals surface area contributed by atoms with E-state index in [1.165, 1.54) is 12.8 Å². The Morgan fingerprint density at radius 2 is 1.72 bits per heavy atom. The molecule has 0 aromatic rings. The topological polar surface area (TPSA) is 47.6 Å². The van der Waals surface area contributed by atoms with Gasteiger partial charge in [0.1, 0.15) is 0 Å². The molecule has 5 fully saturated rings. The first-order valence-electron chi connectivity index (χ1n) is 7.19. The lowest BCUT2D eigenvalue weighted by Crippen LogP contribution is -2.68. The van der Waals surface area contributed by atoms with Crippen molar-refractivity contribution < 1.29 is 14.3 Å². The van der Waals surface area contributed by atoms with Crippen LogP contribution in [0.2, 0.25) is 0 Å². The van der Waals surface area contributed by atoms with Gasteiger partial charge in [0.2, 0.25) is 5.91 Å². The summed E-state index contributed by atoms with van der Waals surface area (Å²) in [6, 6.07) is 0. The highest BCUT2D eigenvalue weighted by atomic mass is 16.7. The van der Waals surface area contributed by atoms with Gasteiger partial charge < -0.3 is 14.8 Å². The van der Waals surface area contributed by atoms with Crippen molar-refractivity contribution in [2.24, 2.45) is 17.8 Å². The SMILES string of the molecule is CC(=O)NC12CC3CC(C1)C1(OCCO1)C(C3)C2. The van der Waals surface area contributed by atoms with E-state index in [9.17, 15) is 4.79 Å². The van der Waals surface area contributed by atoms with E-state index in [4.69, 9.17) is 9.47 Å². The van der Waals surface area contributed by atoms with Crippen LogP contribution in [-0.2, 0) is 14.3 Å². The molecule has 18 heavy (non-hydrogen) atoms. The number of carbonyl (C=O) groups is 1. The fraction of sp³-hybridized carbons (Fsp3) is 0.929. The van der Waals surface area contributed by atoms with E-state index in [0.717, 1.165) is 38.4 Å². The molecule has 4 bridgehead atoms. The molecule has 4 heteroatoms. The summed E-state index contributed by atoms with van der Waals surface area (Å²) in [5.74, 6) is 1.54. The van der Waals surface area contributed by atoms with Crippen molar-refractivity contribution in [3.63, 3.8) is 0 Å². The van der Waals surface area contributed by atoms with Crippen LogP contribution in [-0.4, -0.2) is 30.4 Å². The van der Waals surface area contributed by atoms with Crippen molar-refractivity contribution in [3.05, 3.63) is 0 Å². The molecule has 2 atom stereocenters. The molecule has 0 radical (unpaired) electrons. The molecular formula is C14H21NO3. The number of carbonyl (C=O) groups excluding carboxylic acids is 1. The molecule has 1 aliphatic heterocycles. The maximum atomic E-state index is 11.5. The largest absolute Gasteiger partial charge is 0.351 e. The molecule has 1 amide bonds. The highest BCUT2D eigenvalue weighted by molar-refractivity contribution is 5.74. The molecule has 1 N–H and O–H groups in total. The van der Waals surface area contributed by atoms with Crippen LogP contribution in [0.3, 0.4) is 0 Å². The molecule has 5 aliphatic rings. The molecule has 4 nitrogen and oxygen atoms in total.